The van der Waals surface area contributed by atoms with E-state index in [0.29, 0.717) is 6.42 Å². The fourth-order valence-corrected chi connectivity index (χ4v) is 0.341. The number of hydrogen-bond acceptors (Lipinski definition) is 2. The smallest absolute Gasteiger partial charge is 0.0793 e. The summed E-state index contributed by atoms with van der Waals surface area (Å²) >= 11 is 0. The van der Waals surface area contributed by atoms with Crippen molar-refractivity contribution in [3.8, 4) is 0 Å². The molecule has 0 aromatic carbocycles. The van der Waals surface area contributed by atoms with Gasteiger partial charge in [0.1, 0.15) is 0 Å². The van der Waals surface area contributed by atoms with E-state index >= 15 is 0 Å². The van der Waals surface area contributed by atoms with Gasteiger partial charge in [-0.25, -0.2) is 0 Å². The van der Waals surface area contributed by atoms with Gasteiger partial charge < -0.3 is 10.2 Å². The summed E-state index contributed by atoms with van der Waals surface area (Å²) in [6, 6.07) is 0. The Bertz CT molecular complexity index is 43.3. The summed E-state index contributed by atoms with van der Waals surface area (Å²) in [5, 5.41) is 17.3. The second-order valence-electron chi connectivity index (χ2n) is 1.72. The molecule has 0 heterocycles. The van der Waals surface area contributed by atoms with Crippen LogP contribution in [-0.4, -0.2) is 22.4 Å². The summed E-state index contributed by atoms with van der Waals surface area (Å²) in [7, 11) is 0. The lowest BCUT2D eigenvalue weighted by Crippen LogP contribution is -2.20. The van der Waals surface area contributed by atoms with Gasteiger partial charge in [0.25, 0.3) is 0 Å². The molecule has 7 heavy (non-hydrogen) atoms. The van der Waals surface area contributed by atoms with E-state index < -0.39 is 12.2 Å². The third kappa shape index (κ3) is 2.60. The van der Waals surface area contributed by atoms with E-state index in [9.17, 15) is 0 Å². The van der Waals surface area contributed by atoms with Crippen LogP contribution in [0, 0.1) is 0 Å². The zero-order chi connectivity index (χ0) is 5.86. The highest BCUT2D eigenvalue weighted by Gasteiger charge is 2.05. The molecule has 0 aliphatic carbocycles. The molecule has 0 saturated carbocycles. The van der Waals surface area contributed by atoms with Gasteiger partial charge in [-0.15, -0.1) is 0 Å². The van der Waals surface area contributed by atoms with E-state index in [1.54, 1.807) is 6.92 Å². The first-order chi connectivity index (χ1) is 3.18. The number of aliphatic hydroxyl groups excluding tert-OH is 2. The van der Waals surface area contributed by atoms with Crippen molar-refractivity contribution in [3.63, 3.8) is 0 Å². The van der Waals surface area contributed by atoms with Gasteiger partial charge in [0.05, 0.1) is 12.2 Å². The molecule has 0 radical (unpaired) electrons. The Labute approximate surface area is 43.8 Å². The number of aliphatic hydroxyl groups is 2. The molecule has 2 N–H and O–H groups in total. The van der Waals surface area contributed by atoms with Gasteiger partial charge in [-0.2, -0.15) is 0 Å². The largest absolute Gasteiger partial charge is 0.391 e. The van der Waals surface area contributed by atoms with Crippen molar-refractivity contribution in [1.29, 1.82) is 0 Å². The first-order valence-corrected chi connectivity index (χ1v) is 2.54. The summed E-state index contributed by atoms with van der Waals surface area (Å²) in [5.74, 6) is 0. The molecule has 0 fully saturated rings. The Hall–Kier alpha value is -0.0800. The minimum atomic E-state index is -0.579. The molecule has 0 spiro atoms. The fraction of sp³-hybridized carbons (Fsp3) is 1.00. The molecule has 0 amide bonds. The standard InChI is InChI=1S/C5H12O2/c1-3-5(7)4(2)6/h4-7H,3H2,1-2H3/t4-,5-/m0/s1. The summed E-state index contributed by atoms with van der Waals surface area (Å²) in [5.41, 5.74) is 0. The molecule has 0 unspecified atom stereocenters. The zero-order valence-electron chi connectivity index (χ0n) is 4.76. The molecule has 0 aromatic heterocycles. The highest BCUT2D eigenvalue weighted by molar-refractivity contribution is 4.56. The van der Waals surface area contributed by atoms with Crippen molar-refractivity contribution in [2.75, 3.05) is 0 Å². The molecular formula is C5H12O2. The van der Waals surface area contributed by atoms with Crippen LogP contribution in [0.25, 0.3) is 0 Å². The van der Waals surface area contributed by atoms with Crippen LogP contribution in [0.3, 0.4) is 0 Å². The molecule has 0 saturated heterocycles. The Morgan fingerprint density at radius 2 is 1.86 bits per heavy atom. The van der Waals surface area contributed by atoms with E-state index in [2.05, 4.69) is 0 Å². The third-order valence-electron chi connectivity index (χ3n) is 0.975. The molecule has 2 nitrogen and oxygen atoms in total. The van der Waals surface area contributed by atoms with Crippen LogP contribution in [0.4, 0.5) is 0 Å². The minimum Gasteiger partial charge on any atom is -0.391 e. The van der Waals surface area contributed by atoms with E-state index in [1.807, 2.05) is 6.92 Å². The summed E-state index contributed by atoms with van der Waals surface area (Å²) in [4.78, 5) is 0. The highest BCUT2D eigenvalue weighted by atomic mass is 16.3. The molecule has 2 heteroatoms. The summed E-state index contributed by atoms with van der Waals surface area (Å²) in [6.07, 6.45) is -0.498. The molecule has 0 aliphatic rings. The van der Waals surface area contributed by atoms with Crippen LogP contribution in [0.15, 0.2) is 0 Å². The summed E-state index contributed by atoms with van der Waals surface area (Å²) in [6.45, 7) is 3.41. The van der Waals surface area contributed by atoms with Gasteiger partial charge in [-0.05, 0) is 13.3 Å². The monoisotopic (exact) mass is 104 g/mol. The lowest BCUT2D eigenvalue weighted by atomic mass is 10.2. The SMILES string of the molecule is CC[C@H](O)[C@H](C)O. The van der Waals surface area contributed by atoms with Crippen LogP contribution in [0.5, 0.6) is 0 Å². The van der Waals surface area contributed by atoms with Crippen molar-refractivity contribution in [2.45, 2.75) is 32.5 Å². The predicted octanol–water partition coefficient (Wildman–Crippen LogP) is 0.138. The Kier molecular flexibility index (Phi) is 2.96. The topological polar surface area (TPSA) is 40.5 Å². The first-order valence-electron chi connectivity index (χ1n) is 2.54. The van der Waals surface area contributed by atoms with Crippen molar-refractivity contribution in [3.05, 3.63) is 0 Å². The van der Waals surface area contributed by atoms with Gasteiger partial charge in [-0.3, -0.25) is 0 Å². The van der Waals surface area contributed by atoms with E-state index in [1.165, 1.54) is 0 Å². The first kappa shape index (κ1) is 6.92. The molecule has 0 aliphatic heterocycles. The average Bonchev–Trinajstić information content (AvgIpc) is 1.65. The highest BCUT2D eigenvalue weighted by Crippen LogP contribution is 1.94. The van der Waals surface area contributed by atoms with Crippen molar-refractivity contribution in [2.24, 2.45) is 0 Å². The van der Waals surface area contributed by atoms with Crippen molar-refractivity contribution >= 4 is 0 Å². The Balaban J connectivity index is 3.14. The van der Waals surface area contributed by atoms with Crippen LogP contribution in [0.2, 0.25) is 0 Å². The predicted molar refractivity (Wildman–Crippen MR) is 28.0 cm³/mol. The van der Waals surface area contributed by atoms with Crippen LogP contribution in [-0.2, 0) is 0 Å². The van der Waals surface area contributed by atoms with Gasteiger partial charge in [0.2, 0.25) is 0 Å². The van der Waals surface area contributed by atoms with Gasteiger partial charge in [0, 0.05) is 0 Å². The normalized spacial score (nSPS) is 18.9. The Morgan fingerprint density at radius 1 is 1.43 bits per heavy atom. The maximum absolute atomic E-state index is 8.69. The fourth-order valence-electron chi connectivity index (χ4n) is 0.341. The maximum Gasteiger partial charge on any atom is 0.0793 e. The van der Waals surface area contributed by atoms with Crippen molar-refractivity contribution in [1.82, 2.24) is 0 Å². The van der Waals surface area contributed by atoms with Crippen LogP contribution >= 0.6 is 0 Å². The molecule has 0 aromatic rings. The molecule has 44 valence electrons. The van der Waals surface area contributed by atoms with Gasteiger partial charge in [-0.1, -0.05) is 6.92 Å². The van der Waals surface area contributed by atoms with E-state index in [4.69, 9.17) is 10.2 Å². The lowest BCUT2D eigenvalue weighted by molar-refractivity contribution is 0.0294. The summed E-state index contributed by atoms with van der Waals surface area (Å²) < 4.78 is 0. The van der Waals surface area contributed by atoms with Gasteiger partial charge in [0.15, 0.2) is 0 Å². The second-order valence-corrected chi connectivity index (χ2v) is 1.72. The maximum atomic E-state index is 8.69. The zero-order valence-corrected chi connectivity index (χ0v) is 4.76. The molecule has 0 rings (SSSR count). The molecule has 2 atom stereocenters. The van der Waals surface area contributed by atoms with Crippen LogP contribution < -0.4 is 0 Å². The third-order valence-corrected chi connectivity index (χ3v) is 0.975. The minimum absolute atomic E-state index is 0.542. The van der Waals surface area contributed by atoms with Gasteiger partial charge >= 0.3 is 0 Å². The number of hydrogen-bond donors (Lipinski definition) is 2. The second kappa shape index (κ2) is 2.99. The average molecular weight is 104 g/mol. The van der Waals surface area contributed by atoms with Crippen molar-refractivity contribution < 1.29 is 10.2 Å². The Morgan fingerprint density at radius 3 is 1.86 bits per heavy atom. The quantitative estimate of drug-likeness (QED) is 0.523. The molecular weight excluding hydrogens is 92.1 g/mol. The van der Waals surface area contributed by atoms with Crippen LogP contribution in [0.1, 0.15) is 20.3 Å². The lowest BCUT2D eigenvalue weighted by Gasteiger charge is -2.08. The molecule has 0 bridgehead atoms. The number of rotatable bonds is 2. The van der Waals surface area contributed by atoms with E-state index in [0.717, 1.165) is 0 Å². The van der Waals surface area contributed by atoms with E-state index in [-0.39, 0.29) is 0 Å².